The second-order valence-electron chi connectivity index (χ2n) is 4.45. The summed E-state index contributed by atoms with van der Waals surface area (Å²) in [5.74, 6) is 0.527. The molecule has 124 valence electrons. The summed E-state index contributed by atoms with van der Waals surface area (Å²) in [6.45, 7) is 8.25. The maximum atomic E-state index is 10.6. The number of ketones is 2. The Hall–Kier alpha value is -0.360. The van der Waals surface area contributed by atoms with E-state index in [0.29, 0.717) is 11.5 Å². The van der Waals surface area contributed by atoms with Crippen LogP contribution in [0.2, 0.25) is 0 Å². The molecule has 3 N–H and O–H groups in total. The first-order chi connectivity index (χ1) is 9.49. The summed E-state index contributed by atoms with van der Waals surface area (Å²) in [5, 5.41) is 3.69. The summed E-state index contributed by atoms with van der Waals surface area (Å²) in [6.07, 6.45) is 0. The second kappa shape index (κ2) is 16.0. The Bertz CT molecular complexity index is 348. The molecular formula is C13H27N2O3PS2. The number of amides is 1. The number of thiol groups is 2. The summed E-state index contributed by atoms with van der Waals surface area (Å²) in [4.78, 5) is 31.3. The van der Waals surface area contributed by atoms with E-state index in [1.54, 1.807) is 0 Å². The van der Waals surface area contributed by atoms with Gasteiger partial charge in [-0.05, 0) is 27.7 Å². The molecule has 2 atom stereocenters. The molecule has 0 bridgehead atoms. The number of hydrogen-bond donors (Lipinski definition) is 4. The van der Waals surface area contributed by atoms with Gasteiger partial charge in [0.05, 0.1) is 12.1 Å². The Balaban J connectivity index is -0.000000256. The van der Waals surface area contributed by atoms with E-state index in [4.69, 9.17) is 5.73 Å². The quantitative estimate of drug-likeness (QED) is 0.441. The van der Waals surface area contributed by atoms with E-state index in [2.05, 4.69) is 39.4 Å². The van der Waals surface area contributed by atoms with Crippen LogP contribution < -0.4 is 11.1 Å². The maximum absolute atomic E-state index is 10.6. The second-order valence-corrected chi connectivity index (χ2v) is 6.18. The van der Waals surface area contributed by atoms with Crippen LogP contribution in [0.3, 0.4) is 0 Å². The minimum Gasteiger partial charge on any atom is -0.346 e. The van der Waals surface area contributed by atoms with E-state index in [1.807, 2.05) is 13.8 Å². The molecule has 0 rings (SSSR count). The molecule has 0 aliphatic carbocycles. The molecular weight excluding hydrogens is 327 g/mol. The maximum Gasteiger partial charge on any atom is 0.217 e. The SMILES string of the molecule is CC(=O)C(N)CS.CC(=O)NC(CS)C(C)=O.CC(C)=P. The number of carbonyl (C=O) groups is 3. The molecule has 0 aromatic heterocycles. The standard InChI is InChI=1S/C6H11NO2S.C4H9NOS.C3H7P/c1-4(8)6(3-10)7-5(2)9;1-3(6)4(5)2-7;1-3(2)4/h6,10H,3H2,1-2H3,(H,7,9);4,7H,2,5H2,1H3;4H,1-2H3. The van der Waals surface area contributed by atoms with E-state index in [1.165, 1.54) is 26.1 Å². The lowest BCUT2D eigenvalue weighted by Gasteiger charge is -2.10. The highest BCUT2D eigenvalue weighted by atomic mass is 32.1. The average Bonchev–Trinajstić information content (AvgIpc) is 2.34. The minimum atomic E-state index is -0.430. The molecule has 0 saturated heterocycles. The Kier molecular flexibility index (Phi) is 19.5. The van der Waals surface area contributed by atoms with Crippen molar-refractivity contribution >= 4 is 56.9 Å². The normalized spacial score (nSPS) is 11.6. The van der Waals surface area contributed by atoms with Gasteiger partial charge in [-0.2, -0.15) is 25.3 Å². The van der Waals surface area contributed by atoms with Gasteiger partial charge in [0.1, 0.15) is 5.78 Å². The molecule has 0 aromatic carbocycles. The van der Waals surface area contributed by atoms with Crippen LogP contribution >= 0.6 is 34.1 Å². The molecule has 0 saturated carbocycles. The van der Waals surface area contributed by atoms with Gasteiger partial charge in [-0.25, -0.2) is 0 Å². The highest BCUT2D eigenvalue weighted by molar-refractivity contribution is 7.80. The van der Waals surface area contributed by atoms with Crippen LogP contribution in [0.5, 0.6) is 0 Å². The highest BCUT2D eigenvalue weighted by Gasteiger charge is 2.11. The monoisotopic (exact) mass is 354 g/mol. The third kappa shape index (κ3) is 25.0. The number of carbonyl (C=O) groups excluding carboxylic acids is 3. The molecule has 21 heavy (non-hydrogen) atoms. The van der Waals surface area contributed by atoms with Crippen molar-refractivity contribution in [2.24, 2.45) is 5.73 Å². The van der Waals surface area contributed by atoms with Gasteiger partial charge in [0, 0.05) is 18.4 Å². The minimum absolute atomic E-state index is 0.00463. The van der Waals surface area contributed by atoms with E-state index in [0.717, 1.165) is 0 Å². The molecule has 0 aliphatic rings. The van der Waals surface area contributed by atoms with Crippen molar-refractivity contribution in [1.82, 2.24) is 5.32 Å². The zero-order valence-electron chi connectivity index (χ0n) is 13.3. The van der Waals surface area contributed by atoms with Crippen molar-refractivity contribution in [3.05, 3.63) is 0 Å². The lowest BCUT2D eigenvalue weighted by atomic mass is 10.2. The van der Waals surface area contributed by atoms with Crippen LogP contribution in [0.4, 0.5) is 0 Å². The fourth-order valence-electron chi connectivity index (χ4n) is 0.650. The van der Waals surface area contributed by atoms with Crippen molar-refractivity contribution in [2.45, 2.75) is 46.7 Å². The molecule has 0 aliphatic heterocycles. The zero-order chi connectivity index (χ0) is 17.6. The van der Waals surface area contributed by atoms with Crippen LogP contribution in [0.15, 0.2) is 0 Å². The lowest BCUT2D eigenvalue weighted by molar-refractivity contribution is -0.125. The molecule has 0 spiro atoms. The zero-order valence-corrected chi connectivity index (χ0v) is 16.1. The summed E-state index contributed by atoms with van der Waals surface area (Å²) in [7, 11) is 3.23. The van der Waals surface area contributed by atoms with Crippen molar-refractivity contribution in [1.29, 1.82) is 0 Å². The number of hydrogen-bond acceptors (Lipinski definition) is 6. The molecule has 5 nitrogen and oxygen atoms in total. The Morgan fingerprint density at radius 2 is 1.38 bits per heavy atom. The summed E-state index contributed by atoms with van der Waals surface area (Å²) in [5.41, 5.74) is 5.19. The molecule has 0 fully saturated rings. The van der Waals surface area contributed by atoms with E-state index in [9.17, 15) is 14.4 Å². The van der Waals surface area contributed by atoms with Gasteiger partial charge in [0.25, 0.3) is 0 Å². The first-order valence-electron chi connectivity index (χ1n) is 6.26. The number of nitrogens with two attached hydrogens (primary N) is 1. The Morgan fingerprint density at radius 3 is 1.43 bits per heavy atom. The molecule has 1 amide bonds. The molecule has 0 heterocycles. The van der Waals surface area contributed by atoms with Crippen LogP contribution in [0.1, 0.15) is 34.6 Å². The molecule has 0 radical (unpaired) electrons. The van der Waals surface area contributed by atoms with Gasteiger partial charge in [0.15, 0.2) is 5.78 Å². The van der Waals surface area contributed by atoms with E-state index < -0.39 is 6.04 Å². The van der Waals surface area contributed by atoms with Gasteiger partial charge >= 0.3 is 0 Å². The topological polar surface area (TPSA) is 89.3 Å². The number of Topliss-reactive ketones (excluding diaryl/α,β-unsaturated/α-hetero) is 2. The van der Waals surface area contributed by atoms with Crippen molar-refractivity contribution in [3.63, 3.8) is 0 Å². The van der Waals surface area contributed by atoms with Gasteiger partial charge in [0.2, 0.25) is 5.91 Å². The summed E-state index contributed by atoms with van der Waals surface area (Å²) in [6, 6.07) is -0.802. The van der Waals surface area contributed by atoms with Gasteiger partial charge < -0.3 is 11.1 Å². The van der Waals surface area contributed by atoms with E-state index >= 15 is 0 Å². The first-order valence-corrected chi connectivity index (χ1v) is 8.03. The van der Waals surface area contributed by atoms with Crippen molar-refractivity contribution in [3.8, 4) is 0 Å². The predicted molar refractivity (Wildman–Crippen MR) is 99.3 cm³/mol. The summed E-state index contributed by atoms with van der Waals surface area (Å²) >= 11 is 7.70. The third-order valence-corrected chi connectivity index (χ3v) is 2.53. The Labute approximate surface area is 140 Å². The summed E-state index contributed by atoms with van der Waals surface area (Å²) < 4.78 is 0. The van der Waals surface area contributed by atoms with Crippen LogP contribution in [0.25, 0.3) is 0 Å². The molecule has 8 heteroatoms. The first kappa shape index (κ1) is 25.6. The van der Waals surface area contributed by atoms with E-state index in [-0.39, 0.29) is 23.5 Å². The van der Waals surface area contributed by atoms with Crippen LogP contribution in [-0.4, -0.2) is 46.4 Å². The molecule has 2 unspecified atom stereocenters. The average molecular weight is 354 g/mol. The number of rotatable bonds is 5. The Morgan fingerprint density at radius 1 is 1.00 bits per heavy atom. The third-order valence-electron chi connectivity index (χ3n) is 1.77. The smallest absolute Gasteiger partial charge is 0.217 e. The molecule has 0 aromatic rings. The van der Waals surface area contributed by atoms with Crippen molar-refractivity contribution in [2.75, 3.05) is 11.5 Å². The van der Waals surface area contributed by atoms with Gasteiger partial charge in [-0.3, -0.25) is 14.4 Å². The van der Waals surface area contributed by atoms with Gasteiger partial charge in [-0.1, -0.05) is 5.29 Å². The fraction of sp³-hybridized carbons (Fsp3) is 0.692. The number of nitrogens with one attached hydrogen (secondary N) is 1. The highest BCUT2D eigenvalue weighted by Crippen LogP contribution is 1.88. The predicted octanol–water partition coefficient (Wildman–Crippen LogP) is 1.18. The van der Waals surface area contributed by atoms with Crippen LogP contribution in [-0.2, 0) is 14.4 Å². The lowest BCUT2D eigenvalue weighted by Crippen LogP contribution is -2.39. The van der Waals surface area contributed by atoms with Gasteiger partial charge in [-0.15, -0.1) is 8.86 Å². The largest absolute Gasteiger partial charge is 0.346 e. The van der Waals surface area contributed by atoms with Crippen molar-refractivity contribution < 1.29 is 14.4 Å². The fourth-order valence-corrected chi connectivity index (χ4v) is 1.26. The van der Waals surface area contributed by atoms with Crippen LogP contribution in [0, 0.1) is 0 Å².